The Labute approximate surface area is 117 Å². The van der Waals surface area contributed by atoms with Crippen LogP contribution in [0, 0.1) is 17.8 Å². The molecule has 4 atom stereocenters. The number of aromatic amines is 1. The molecule has 2 aliphatic rings. The van der Waals surface area contributed by atoms with Crippen molar-refractivity contribution in [1.29, 1.82) is 0 Å². The molecule has 2 aliphatic carbocycles. The average molecular weight is 272 g/mol. The maximum Gasteiger partial charge on any atom is 0.417 e. The Morgan fingerprint density at radius 2 is 2.25 bits per heavy atom. The van der Waals surface area contributed by atoms with E-state index in [1.165, 1.54) is 25.7 Å². The van der Waals surface area contributed by atoms with Crippen LogP contribution < -0.4 is 11.5 Å². The second kappa shape index (κ2) is 4.48. The number of fused-ring (bicyclic) bond motifs is 3. The van der Waals surface area contributed by atoms with Crippen LogP contribution in [0.25, 0.3) is 11.1 Å². The molecule has 0 saturated heterocycles. The van der Waals surface area contributed by atoms with Gasteiger partial charge in [-0.1, -0.05) is 12.5 Å². The number of nitrogens with two attached hydrogens (primary N) is 1. The number of aromatic nitrogens is 1. The Morgan fingerprint density at radius 3 is 3.00 bits per heavy atom. The maximum absolute atomic E-state index is 11.2. The van der Waals surface area contributed by atoms with Gasteiger partial charge >= 0.3 is 5.76 Å². The molecule has 0 radical (unpaired) electrons. The first-order chi connectivity index (χ1) is 9.69. The number of nitrogens with one attached hydrogen (secondary N) is 1. The van der Waals surface area contributed by atoms with Crippen LogP contribution in [0.5, 0.6) is 0 Å². The van der Waals surface area contributed by atoms with E-state index in [-0.39, 0.29) is 6.04 Å². The van der Waals surface area contributed by atoms with Crippen molar-refractivity contribution >= 4 is 11.1 Å². The lowest BCUT2D eigenvalue weighted by Gasteiger charge is -2.24. The zero-order chi connectivity index (χ0) is 13.7. The van der Waals surface area contributed by atoms with Crippen LogP contribution in [0.3, 0.4) is 0 Å². The van der Waals surface area contributed by atoms with Crippen LogP contribution in [0.2, 0.25) is 0 Å². The minimum Gasteiger partial charge on any atom is -0.408 e. The Balaban J connectivity index is 1.54. The second-order valence-electron chi connectivity index (χ2n) is 6.55. The van der Waals surface area contributed by atoms with Gasteiger partial charge in [0.05, 0.1) is 5.52 Å². The van der Waals surface area contributed by atoms with Gasteiger partial charge in [-0.25, -0.2) is 4.79 Å². The van der Waals surface area contributed by atoms with Gasteiger partial charge in [-0.3, -0.25) is 4.98 Å². The molecule has 4 unspecified atom stereocenters. The monoisotopic (exact) mass is 272 g/mol. The van der Waals surface area contributed by atoms with Gasteiger partial charge in [-0.15, -0.1) is 0 Å². The van der Waals surface area contributed by atoms with Crippen molar-refractivity contribution in [2.75, 3.05) is 0 Å². The molecule has 2 fully saturated rings. The third-order valence-electron chi connectivity index (χ3n) is 5.31. The maximum atomic E-state index is 11.2. The summed E-state index contributed by atoms with van der Waals surface area (Å²) >= 11 is 0. The van der Waals surface area contributed by atoms with Crippen LogP contribution in [0.15, 0.2) is 27.4 Å². The average Bonchev–Trinajstić information content (AvgIpc) is 3.10. The quantitative estimate of drug-likeness (QED) is 0.902. The number of H-pyrrole nitrogens is 1. The zero-order valence-corrected chi connectivity index (χ0v) is 11.5. The molecule has 106 valence electrons. The Kier molecular flexibility index (Phi) is 2.74. The molecular formula is C16H20N2O2. The lowest BCUT2D eigenvalue weighted by molar-refractivity contribution is 0.296. The first-order valence-electron chi connectivity index (χ1n) is 7.57. The van der Waals surface area contributed by atoms with E-state index >= 15 is 0 Å². The smallest absolute Gasteiger partial charge is 0.408 e. The molecule has 0 amide bonds. The zero-order valence-electron chi connectivity index (χ0n) is 11.5. The Bertz CT molecular complexity index is 687. The first-order valence-corrected chi connectivity index (χ1v) is 7.57. The van der Waals surface area contributed by atoms with Gasteiger partial charge in [0.1, 0.15) is 0 Å². The van der Waals surface area contributed by atoms with Crippen molar-refractivity contribution in [3.8, 4) is 0 Å². The molecule has 1 aromatic carbocycles. The Morgan fingerprint density at radius 1 is 1.35 bits per heavy atom. The van der Waals surface area contributed by atoms with Crippen molar-refractivity contribution < 1.29 is 4.42 Å². The number of rotatable bonds is 3. The van der Waals surface area contributed by atoms with Crippen LogP contribution in [-0.2, 0) is 0 Å². The summed E-state index contributed by atoms with van der Waals surface area (Å²) in [7, 11) is 0. The van der Waals surface area contributed by atoms with E-state index < -0.39 is 5.76 Å². The van der Waals surface area contributed by atoms with Crippen molar-refractivity contribution in [2.24, 2.45) is 23.5 Å². The minimum atomic E-state index is -0.404. The van der Waals surface area contributed by atoms with E-state index in [1.54, 1.807) is 0 Å². The van der Waals surface area contributed by atoms with E-state index in [2.05, 4.69) is 4.98 Å². The summed E-state index contributed by atoms with van der Waals surface area (Å²) in [5.41, 5.74) is 8.80. The second-order valence-corrected chi connectivity index (χ2v) is 6.55. The van der Waals surface area contributed by atoms with E-state index in [1.807, 2.05) is 18.2 Å². The van der Waals surface area contributed by atoms with Crippen molar-refractivity contribution in [3.05, 3.63) is 34.3 Å². The summed E-state index contributed by atoms with van der Waals surface area (Å²) < 4.78 is 5.11. The van der Waals surface area contributed by atoms with E-state index in [9.17, 15) is 4.79 Å². The molecule has 2 aromatic rings. The standard InChI is InChI=1S/C16H20N2O2/c17-13(7-12-6-9-1-2-10(12)5-9)11-3-4-14-15(8-11)20-16(19)18-14/h3-4,8-10,12-13H,1-2,5-7,17H2,(H,18,19). The molecule has 4 heteroatoms. The molecule has 4 nitrogen and oxygen atoms in total. The fourth-order valence-corrected chi connectivity index (χ4v) is 4.32. The highest BCUT2D eigenvalue weighted by atomic mass is 16.4. The van der Waals surface area contributed by atoms with Crippen LogP contribution in [-0.4, -0.2) is 4.98 Å². The molecule has 1 aromatic heterocycles. The molecule has 0 aliphatic heterocycles. The fourth-order valence-electron chi connectivity index (χ4n) is 4.32. The summed E-state index contributed by atoms with van der Waals surface area (Å²) in [6.07, 6.45) is 6.66. The predicted octanol–water partition coefficient (Wildman–Crippen LogP) is 2.95. The van der Waals surface area contributed by atoms with Gasteiger partial charge in [0.15, 0.2) is 5.58 Å². The molecule has 2 saturated carbocycles. The fraction of sp³-hybridized carbons (Fsp3) is 0.562. The van der Waals surface area contributed by atoms with Crippen molar-refractivity contribution in [3.63, 3.8) is 0 Å². The number of oxazole rings is 1. The number of benzene rings is 1. The molecule has 1 heterocycles. The highest BCUT2D eigenvalue weighted by molar-refractivity contribution is 5.72. The van der Waals surface area contributed by atoms with E-state index in [0.717, 1.165) is 35.3 Å². The number of hydrogen-bond acceptors (Lipinski definition) is 3. The van der Waals surface area contributed by atoms with Gasteiger partial charge < -0.3 is 10.2 Å². The topological polar surface area (TPSA) is 72.0 Å². The summed E-state index contributed by atoms with van der Waals surface area (Å²) in [4.78, 5) is 13.8. The number of hydrogen-bond donors (Lipinski definition) is 2. The normalized spacial score (nSPS) is 30.1. The van der Waals surface area contributed by atoms with Gasteiger partial charge in [0, 0.05) is 6.04 Å². The molecule has 3 N–H and O–H groups in total. The third-order valence-corrected chi connectivity index (χ3v) is 5.31. The van der Waals surface area contributed by atoms with Crippen LogP contribution >= 0.6 is 0 Å². The lowest BCUT2D eigenvalue weighted by atomic mass is 9.83. The van der Waals surface area contributed by atoms with Crippen LogP contribution in [0.1, 0.15) is 43.7 Å². The first kappa shape index (κ1) is 12.2. The molecule has 0 spiro atoms. The van der Waals surface area contributed by atoms with Crippen molar-refractivity contribution in [2.45, 2.75) is 38.1 Å². The van der Waals surface area contributed by atoms with E-state index in [4.69, 9.17) is 10.2 Å². The van der Waals surface area contributed by atoms with Crippen molar-refractivity contribution in [1.82, 2.24) is 4.98 Å². The van der Waals surface area contributed by atoms with Gasteiger partial charge in [0.2, 0.25) is 0 Å². The van der Waals surface area contributed by atoms with Gasteiger partial charge in [-0.2, -0.15) is 0 Å². The van der Waals surface area contributed by atoms with Gasteiger partial charge in [0.25, 0.3) is 0 Å². The lowest BCUT2D eigenvalue weighted by Crippen LogP contribution is -2.19. The summed E-state index contributed by atoms with van der Waals surface area (Å²) in [6, 6.07) is 5.84. The largest absolute Gasteiger partial charge is 0.417 e. The van der Waals surface area contributed by atoms with Gasteiger partial charge in [-0.05, 0) is 61.1 Å². The molecular weight excluding hydrogens is 252 g/mol. The summed E-state index contributed by atoms with van der Waals surface area (Å²) in [5.74, 6) is 2.25. The van der Waals surface area contributed by atoms with Crippen LogP contribution in [0.4, 0.5) is 0 Å². The predicted molar refractivity (Wildman–Crippen MR) is 77.3 cm³/mol. The molecule has 4 rings (SSSR count). The molecule has 20 heavy (non-hydrogen) atoms. The third kappa shape index (κ3) is 1.99. The Hall–Kier alpha value is -1.55. The molecule has 2 bridgehead atoms. The highest BCUT2D eigenvalue weighted by Crippen LogP contribution is 2.50. The highest BCUT2D eigenvalue weighted by Gasteiger charge is 2.39. The summed E-state index contributed by atoms with van der Waals surface area (Å²) in [5, 5.41) is 0. The summed E-state index contributed by atoms with van der Waals surface area (Å²) in [6.45, 7) is 0. The SMILES string of the molecule is NC(CC1CC2CCC1C2)c1ccc2[nH]c(=O)oc2c1. The van der Waals surface area contributed by atoms with E-state index in [0.29, 0.717) is 5.58 Å². The minimum absolute atomic E-state index is 0.0453.